The van der Waals surface area contributed by atoms with Crippen LogP contribution in [0.15, 0.2) is 0 Å². The van der Waals surface area contributed by atoms with E-state index >= 15 is 0 Å². The van der Waals surface area contributed by atoms with Gasteiger partial charge in [0.2, 0.25) is 0 Å². The summed E-state index contributed by atoms with van der Waals surface area (Å²) >= 11 is 0. The van der Waals surface area contributed by atoms with E-state index in [1.807, 2.05) is 0 Å². The monoisotopic (exact) mass is 1120 g/mol. The summed E-state index contributed by atoms with van der Waals surface area (Å²) in [4.78, 5) is 0. The predicted octanol–water partition coefficient (Wildman–Crippen LogP) is 17.7. The summed E-state index contributed by atoms with van der Waals surface area (Å²) in [6, 6.07) is 0. The van der Waals surface area contributed by atoms with E-state index in [2.05, 4.69) is 125 Å². The topological polar surface area (TPSA) is 129 Å². The van der Waals surface area contributed by atoms with Crippen molar-refractivity contribution in [3.8, 4) is 0 Å². The summed E-state index contributed by atoms with van der Waals surface area (Å²) in [5.41, 5.74) is 1.29. The molecule has 11 atom stereocenters. The number of aliphatic hydroxyl groups is 5. The highest BCUT2D eigenvalue weighted by atomic mass is 16.5. The first-order chi connectivity index (χ1) is 36.6. The van der Waals surface area contributed by atoms with Crippen molar-refractivity contribution in [2.45, 2.75) is 310 Å². The number of rotatable bonds is 8. The Morgan fingerprint density at radius 1 is 0.329 bits per heavy atom. The minimum atomic E-state index is -0.228. The van der Waals surface area contributed by atoms with Gasteiger partial charge in [-0.15, -0.1) is 0 Å². The third-order valence-corrected chi connectivity index (χ3v) is 21.1. The molecule has 8 heteroatoms. The molecule has 0 aromatic rings. The van der Waals surface area contributed by atoms with Crippen molar-refractivity contribution in [3.63, 3.8) is 0 Å². The van der Waals surface area contributed by atoms with Crippen molar-refractivity contribution in [1.82, 2.24) is 0 Å². The SMILES string of the molecule is C.CC(C)C1CC2(CCC2)C1.CC(C)C1CCOCC1.CC(C)C1CCOCC1(C)C.CC(C)C1CC[C@@H]1O.CC(C)[C@H]1CCCCC[C@@H]1O.CC(C)[C@H]1CCCC[C@@H]1O.CC(C)[C@H]1CCC[C@@H]1O.CC(C)[C@H]1CCOC[C@@H]1O. The zero-order chi connectivity index (χ0) is 58.8. The summed E-state index contributed by atoms with van der Waals surface area (Å²) in [6.07, 6.45) is 29.0. The van der Waals surface area contributed by atoms with E-state index in [1.54, 1.807) is 25.7 Å². The summed E-state index contributed by atoms with van der Waals surface area (Å²) in [5.74, 6) is 11.5. The van der Waals surface area contributed by atoms with Gasteiger partial charge in [0, 0.05) is 26.4 Å². The van der Waals surface area contributed by atoms with E-state index in [9.17, 15) is 20.4 Å². The Morgan fingerprint density at radius 2 is 0.709 bits per heavy atom. The van der Waals surface area contributed by atoms with E-state index in [0.29, 0.717) is 71.2 Å². The highest BCUT2D eigenvalue weighted by molar-refractivity contribution is 4.99. The number of hydrogen-bond acceptors (Lipinski definition) is 8. The molecule has 474 valence electrons. The quantitative estimate of drug-likeness (QED) is 0.152. The molecular weight excluding hydrogens is 981 g/mol. The molecule has 0 aromatic heterocycles. The van der Waals surface area contributed by atoms with Crippen LogP contribution in [0.4, 0.5) is 0 Å². The highest BCUT2D eigenvalue weighted by Crippen LogP contribution is 2.60. The van der Waals surface area contributed by atoms with E-state index < -0.39 is 0 Å². The maximum atomic E-state index is 9.72. The van der Waals surface area contributed by atoms with Crippen LogP contribution >= 0.6 is 0 Å². The van der Waals surface area contributed by atoms with Crippen molar-refractivity contribution in [1.29, 1.82) is 0 Å². The van der Waals surface area contributed by atoms with Gasteiger partial charge in [0.25, 0.3) is 0 Å². The van der Waals surface area contributed by atoms with Gasteiger partial charge in [-0.3, -0.25) is 0 Å². The maximum absolute atomic E-state index is 9.72. The minimum Gasteiger partial charge on any atom is -0.393 e. The van der Waals surface area contributed by atoms with Gasteiger partial charge in [0.05, 0.1) is 43.7 Å². The van der Waals surface area contributed by atoms with Crippen LogP contribution in [-0.2, 0) is 14.2 Å². The fourth-order valence-corrected chi connectivity index (χ4v) is 14.8. The molecule has 6 aliphatic carbocycles. The summed E-state index contributed by atoms with van der Waals surface area (Å²) in [5, 5.41) is 47.1. The van der Waals surface area contributed by atoms with Crippen LogP contribution in [0.25, 0.3) is 0 Å². The Hall–Kier alpha value is -0.320. The Labute approximate surface area is 493 Å². The fraction of sp³-hybridized carbons (Fsp3) is 1.00. The predicted molar refractivity (Wildman–Crippen MR) is 338 cm³/mol. The lowest BCUT2D eigenvalue weighted by Gasteiger charge is -2.55. The second kappa shape index (κ2) is 40.1. The Kier molecular flexibility index (Phi) is 39.0. The molecule has 9 aliphatic rings. The standard InChI is InChI=1S/2C10H20O.C10H18.C9H18O.C8H16O2.2C8H16O.C7H14O.CH4/c1-8(2)9-5-6-11-7-10(9,3)4;1-8(2)9-6-4-3-5-7-10(9)11;1-8(2)9-6-10(7-9)4-3-5-10;1-7(2)8-5-3-4-6-9(8)10;1-6(2)7-3-4-10-5-8(7)9;1-7(2)8-3-5-9-6-4-8;1-6(2)7-4-3-5-8(7)9;1-5(2)6-3-4-7(6)8;/h8-9H,5-7H2,1-4H3;8-11H,3-7H2,1-2H3;8-9H,3-7H2,1-2H3;7-10H,3-6H2,1-2H3;6-9H,3-5H2,1-2H3;7-8H,3-6H2,1-2H3;6-9H,3-5H2,1-2H3;5-8H,3-4H2,1-2H3;1H4/t;9-,10+;;8-,9+;7-,8+;;7-,8+;6?,7-;/m.1.11.10./s1. The van der Waals surface area contributed by atoms with Crippen LogP contribution in [0, 0.1) is 106 Å². The molecule has 9 fully saturated rings. The van der Waals surface area contributed by atoms with Gasteiger partial charge >= 0.3 is 0 Å². The lowest BCUT2D eigenvalue weighted by Crippen LogP contribution is -2.44. The van der Waals surface area contributed by atoms with E-state index in [1.165, 1.54) is 89.9 Å². The Bertz CT molecular complexity index is 1410. The molecule has 2 unspecified atom stereocenters. The van der Waals surface area contributed by atoms with Crippen LogP contribution in [0.3, 0.4) is 0 Å². The number of ether oxygens (including phenoxy) is 3. The molecule has 0 amide bonds. The molecule has 5 N–H and O–H groups in total. The third kappa shape index (κ3) is 28.6. The smallest absolute Gasteiger partial charge is 0.0805 e. The average molecular weight is 1120 g/mol. The van der Waals surface area contributed by atoms with Gasteiger partial charge in [-0.2, -0.15) is 0 Å². The lowest BCUT2D eigenvalue weighted by molar-refractivity contribution is -0.0572. The van der Waals surface area contributed by atoms with Crippen LogP contribution < -0.4 is 0 Å². The van der Waals surface area contributed by atoms with Crippen LogP contribution in [0.1, 0.15) is 280 Å². The van der Waals surface area contributed by atoms with Crippen molar-refractivity contribution < 1.29 is 39.7 Å². The first kappa shape index (κ1) is 76.7. The van der Waals surface area contributed by atoms with Gasteiger partial charge in [0.1, 0.15) is 0 Å². The van der Waals surface area contributed by atoms with Crippen LogP contribution in [0.5, 0.6) is 0 Å². The summed E-state index contributed by atoms with van der Waals surface area (Å²) in [6.45, 7) is 45.7. The van der Waals surface area contributed by atoms with Crippen molar-refractivity contribution in [3.05, 3.63) is 0 Å². The number of hydrogen-bond donors (Lipinski definition) is 5. The van der Waals surface area contributed by atoms with E-state index in [4.69, 9.17) is 19.3 Å². The van der Waals surface area contributed by atoms with Crippen molar-refractivity contribution >= 4 is 0 Å². The summed E-state index contributed by atoms with van der Waals surface area (Å²) in [7, 11) is 0. The van der Waals surface area contributed by atoms with Crippen LogP contribution in [-0.4, -0.2) is 95.7 Å². The molecule has 6 saturated carbocycles. The second-order valence-electron chi connectivity index (χ2n) is 30.3. The number of aliphatic hydroxyl groups excluding tert-OH is 5. The van der Waals surface area contributed by atoms with Gasteiger partial charge in [-0.25, -0.2) is 0 Å². The van der Waals surface area contributed by atoms with Crippen molar-refractivity contribution in [2.24, 2.45) is 106 Å². The van der Waals surface area contributed by atoms with Gasteiger partial charge < -0.3 is 39.7 Å². The minimum absolute atomic E-state index is 0. The lowest BCUT2D eigenvalue weighted by atomic mass is 9.50. The van der Waals surface area contributed by atoms with E-state index in [-0.39, 0.29) is 37.9 Å². The molecule has 3 heterocycles. The molecule has 3 aliphatic heterocycles. The molecule has 79 heavy (non-hydrogen) atoms. The Balaban J connectivity index is 0.000000451. The zero-order valence-corrected chi connectivity index (χ0v) is 55.1. The molecule has 9 rings (SSSR count). The largest absolute Gasteiger partial charge is 0.393 e. The zero-order valence-electron chi connectivity index (χ0n) is 55.1. The van der Waals surface area contributed by atoms with Gasteiger partial charge in [-0.05, 0) is 208 Å². The maximum Gasteiger partial charge on any atom is 0.0805 e. The average Bonchev–Trinajstić information content (AvgIpc) is 3.66. The van der Waals surface area contributed by atoms with Crippen molar-refractivity contribution in [2.75, 3.05) is 39.6 Å². The summed E-state index contributed by atoms with van der Waals surface area (Å²) < 4.78 is 15.8. The molecule has 1 spiro atoms. The normalized spacial score (nSPS) is 32.2. The second-order valence-corrected chi connectivity index (χ2v) is 30.3. The molecule has 0 bridgehead atoms. The highest BCUT2D eigenvalue weighted by Gasteiger charge is 2.48. The molecule has 0 radical (unpaired) electrons. The Morgan fingerprint density at radius 3 is 1.03 bits per heavy atom. The first-order valence-corrected chi connectivity index (χ1v) is 33.8. The molecular formula is C71H142O8. The fourth-order valence-electron chi connectivity index (χ4n) is 14.8. The first-order valence-electron chi connectivity index (χ1n) is 33.8. The molecule has 8 nitrogen and oxygen atoms in total. The van der Waals surface area contributed by atoms with Crippen LogP contribution in [0.2, 0.25) is 0 Å². The van der Waals surface area contributed by atoms with Gasteiger partial charge in [0.15, 0.2) is 0 Å². The molecule has 0 aromatic carbocycles. The molecule has 3 saturated heterocycles. The van der Waals surface area contributed by atoms with Gasteiger partial charge in [-0.1, -0.05) is 177 Å². The third-order valence-electron chi connectivity index (χ3n) is 21.1. The van der Waals surface area contributed by atoms with E-state index in [0.717, 1.165) is 106 Å².